The predicted octanol–water partition coefficient (Wildman–Crippen LogP) is 1.42. The van der Waals surface area contributed by atoms with Crippen LogP contribution in [0.25, 0.3) is 0 Å². The van der Waals surface area contributed by atoms with Gasteiger partial charge in [0.25, 0.3) is 0 Å². The quantitative estimate of drug-likeness (QED) is 0.584. The molecule has 5 heteroatoms. The number of hydrogen-bond acceptors (Lipinski definition) is 5. The highest BCUT2D eigenvalue weighted by Crippen LogP contribution is 2.07. The molecule has 0 amide bonds. The Kier molecular flexibility index (Phi) is 6.64. The van der Waals surface area contributed by atoms with E-state index in [1.54, 1.807) is 0 Å². The Morgan fingerprint density at radius 2 is 1.95 bits per heavy atom. The first-order valence-electron chi connectivity index (χ1n) is 6.70. The van der Waals surface area contributed by atoms with E-state index in [0.717, 1.165) is 5.56 Å². The lowest BCUT2D eigenvalue weighted by molar-refractivity contribution is -0.144. The van der Waals surface area contributed by atoms with Crippen LogP contribution in [-0.2, 0) is 20.9 Å². The number of nitrogens with one attached hydrogen (secondary N) is 1. The second-order valence-electron chi connectivity index (χ2n) is 5.55. The van der Waals surface area contributed by atoms with E-state index in [0.29, 0.717) is 6.54 Å². The molecule has 3 N–H and O–H groups in total. The minimum Gasteiger partial charge on any atom is -0.460 e. The van der Waals surface area contributed by atoms with E-state index in [-0.39, 0.29) is 24.7 Å². The molecule has 0 aromatic heterocycles. The van der Waals surface area contributed by atoms with Gasteiger partial charge < -0.3 is 20.5 Å². The van der Waals surface area contributed by atoms with Gasteiger partial charge in [0.1, 0.15) is 12.8 Å². The molecule has 0 aliphatic rings. The van der Waals surface area contributed by atoms with Gasteiger partial charge in [-0.2, -0.15) is 0 Å². The van der Waals surface area contributed by atoms with E-state index in [9.17, 15) is 4.79 Å². The third kappa shape index (κ3) is 7.89. The number of ether oxygens (including phenoxy) is 2. The first-order valence-corrected chi connectivity index (χ1v) is 6.70. The van der Waals surface area contributed by atoms with Crippen LogP contribution in [0.3, 0.4) is 0 Å². The van der Waals surface area contributed by atoms with Crippen LogP contribution in [0.5, 0.6) is 0 Å². The van der Waals surface area contributed by atoms with Gasteiger partial charge in [-0.3, -0.25) is 4.79 Å². The lowest BCUT2D eigenvalue weighted by Gasteiger charge is -2.24. The van der Waals surface area contributed by atoms with Crippen LogP contribution in [0.1, 0.15) is 26.3 Å². The van der Waals surface area contributed by atoms with E-state index in [2.05, 4.69) is 5.32 Å². The molecule has 1 rings (SSSR count). The first-order chi connectivity index (χ1) is 9.37. The Hall–Kier alpha value is -1.43. The lowest BCUT2D eigenvalue weighted by atomic mass is 10.2. The standard InChI is InChI=1S/C15H24N2O3/c1-15(2,3)20-13(16)9-17-10-14(18)19-11-12-7-5-4-6-8-12/h4-8,13,17H,9-11,16H2,1-3H3. The van der Waals surface area contributed by atoms with Crippen LogP contribution in [-0.4, -0.2) is 30.9 Å². The van der Waals surface area contributed by atoms with E-state index >= 15 is 0 Å². The van der Waals surface area contributed by atoms with Crippen molar-refractivity contribution in [3.63, 3.8) is 0 Å². The minimum atomic E-state index is -0.447. The number of benzene rings is 1. The number of carbonyl (C=O) groups is 1. The SMILES string of the molecule is CC(C)(C)OC(N)CNCC(=O)OCc1ccccc1. The van der Waals surface area contributed by atoms with Crippen LogP contribution >= 0.6 is 0 Å². The van der Waals surface area contributed by atoms with Crippen LogP contribution < -0.4 is 11.1 Å². The molecule has 1 aromatic rings. The predicted molar refractivity (Wildman–Crippen MR) is 77.9 cm³/mol. The maximum atomic E-state index is 11.5. The lowest BCUT2D eigenvalue weighted by Crippen LogP contribution is -2.42. The largest absolute Gasteiger partial charge is 0.460 e. The Labute approximate surface area is 120 Å². The molecule has 0 saturated heterocycles. The maximum Gasteiger partial charge on any atom is 0.320 e. The molecular weight excluding hydrogens is 256 g/mol. The first kappa shape index (κ1) is 16.6. The van der Waals surface area contributed by atoms with Gasteiger partial charge in [0.05, 0.1) is 12.1 Å². The zero-order valence-electron chi connectivity index (χ0n) is 12.4. The highest BCUT2D eigenvalue weighted by molar-refractivity contribution is 5.71. The summed E-state index contributed by atoms with van der Waals surface area (Å²) < 4.78 is 10.6. The van der Waals surface area contributed by atoms with Crippen molar-refractivity contribution in [2.75, 3.05) is 13.1 Å². The molecule has 1 atom stereocenters. The smallest absolute Gasteiger partial charge is 0.320 e. The summed E-state index contributed by atoms with van der Waals surface area (Å²) in [5.74, 6) is -0.309. The molecule has 0 fully saturated rings. The molecule has 0 spiro atoms. The van der Waals surface area contributed by atoms with Crippen molar-refractivity contribution in [3.8, 4) is 0 Å². The molecule has 20 heavy (non-hydrogen) atoms. The normalized spacial score (nSPS) is 13.0. The fraction of sp³-hybridized carbons (Fsp3) is 0.533. The molecule has 5 nitrogen and oxygen atoms in total. The third-order valence-corrected chi connectivity index (χ3v) is 2.36. The number of hydrogen-bond donors (Lipinski definition) is 2. The highest BCUT2D eigenvalue weighted by atomic mass is 16.5. The summed E-state index contributed by atoms with van der Waals surface area (Å²) in [5.41, 5.74) is 6.44. The van der Waals surface area contributed by atoms with E-state index < -0.39 is 6.23 Å². The molecule has 1 aromatic carbocycles. The molecule has 0 bridgehead atoms. The van der Waals surface area contributed by atoms with Gasteiger partial charge in [-0.25, -0.2) is 0 Å². The fourth-order valence-electron chi connectivity index (χ4n) is 1.60. The molecule has 112 valence electrons. The number of rotatable bonds is 7. The van der Waals surface area contributed by atoms with Gasteiger partial charge >= 0.3 is 5.97 Å². The van der Waals surface area contributed by atoms with Crippen molar-refractivity contribution in [2.24, 2.45) is 5.73 Å². The van der Waals surface area contributed by atoms with Crippen molar-refractivity contribution in [1.29, 1.82) is 0 Å². The van der Waals surface area contributed by atoms with Crippen LogP contribution in [0.15, 0.2) is 30.3 Å². The summed E-state index contributed by atoms with van der Waals surface area (Å²) in [4.78, 5) is 11.5. The van der Waals surface area contributed by atoms with Gasteiger partial charge in [0.2, 0.25) is 0 Å². The Morgan fingerprint density at radius 3 is 2.55 bits per heavy atom. The molecule has 0 radical (unpaired) electrons. The van der Waals surface area contributed by atoms with Crippen molar-refractivity contribution < 1.29 is 14.3 Å². The van der Waals surface area contributed by atoms with Crippen molar-refractivity contribution in [2.45, 2.75) is 39.2 Å². The number of carbonyl (C=O) groups excluding carboxylic acids is 1. The van der Waals surface area contributed by atoms with E-state index in [1.165, 1.54) is 0 Å². The summed E-state index contributed by atoms with van der Waals surface area (Å²) in [6, 6.07) is 9.56. The van der Waals surface area contributed by atoms with Crippen LogP contribution in [0, 0.1) is 0 Å². The number of esters is 1. The maximum absolute atomic E-state index is 11.5. The summed E-state index contributed by atoms with van der Waals surface area (Å²) in [6.07, 6.45) is -0.447. The molecule has 1 unspecified atom stereocenters. The average molecular weight is 280 g/mol. The van der Waals surface area contributed by atoms with Gasteiger partial charge in [-0.15, -0.1) is 0 Å². The summed E-state index contributed by atoms with van der Waals surface area (Å²) in [7, 11) is 0. The Bertz CT molecular complexity index is 401. The highest BCUT2D eigenvalue weighted by Gasteiger charge is 2.15. The molecule has 0 aliphatic carbocycles. The topological polar surface area (TPSA) is 73.6 Å². The van der Waals surface area contributed by atoms with Gasteiger partial charge in [0.15, 0.2) is 0 Å². The molecule has 0 heterocycles. The second-order valence-corrected chi connectivity index (χ2v) is 5.55. The van der Waals surface area contributed by atoms with Gasteiger partial charge in [-0.05, 0) is 26.3 Å². The Balaban J connectivity index is 2.14. The molecule has 0 saturated carbocycles. The zero-order chi connectivity index (χ0) is 15.0. The van der Waals surface area contributed by atoms with Crippen molar-refractivity contribution in [3.05, 3.63) is 35.9 Å². The van der Waals surface area contributed by atoms with Gasteiger partial charge in [-0.1, -0.05) is 30.3 Å². The Morgan fingerprint density at radius 1 is 1.30 bits per heavy atom. The molecular formula is C15H24N2O3. The second kappa shape index (κ2) is 7.99. The van der Waals surface area contributed by atoms with Crippen molar-refractivity contribution >= 4 is 5.97 Å². The summed E-state index contributed by atoms with van der Waals surface area (Å²) in [6.45, 7) is 6.60. The summed E-state index contributed by atoms with van der Waals surface area (Å²) in [5, 5.41) is 2.92. The number of nitrogens with two attached hydrogens (primary N) is 1. The van der Waals surface area contributed by atoms with Crippen LogP contribution in [0.2, 0.25) is 0 Å². The zero-order valence-corrected chi connectivity index (χ0v) is 12.4. The summed E-state index contributed by atoms with van der Waals surface area (Å²) >= 11 is 0. The average Bonchev–Trinajstić information content (AvgIpc) is 2.35. The monoisotopic (exact) mass is 280 g/mol. The fourth-order valence-corrected chi connectivity index (χ4v) is 1.60. The van der Waals surface area contributed by atoms with E-state index in [4.69, 9.17) is 15.2 Å². The van der Waals surface area contributed by atoms with Crippen molar-refractivity contribution in [1.82, 2.24) is 5.32 Å². The minimum absolute atomic E-state index is 0.119. The van der Waals surface area contributed by atoms with Gasteiger partial charge in [0, 0.05) is 6.54 Å². The van der Waals surface area contributed by atoms with Crippen LogP contribution in [0.4, 0.5) is 0 Å². The molecule has 0 aliphatic heterocycles. The third-order valence-electron chi connectivity index (χ3n) is 2.36. The van der Waals surface area contributed by atoms with E-state index in [1.807, 2.05) is 51.1 Å².